The van der Waals surface area contributed by atoms with Gasteiger partial charge in [0, 0.05) is 31.7 Å². The molecule has 0 amide bonds. The SMILES string of the molecule is CCC(N)Cc1c(C)nn(C)c1N1CCC(CC)CC1. The molecule has 20 heavy (non-hydrogen) atoms. The molecule has 2 heterocycles. The van der Waals surface area contributed by atoms with Crippen molar-refractivity contribution in [2.45, 2.75) is 58.9 Å². The van der Waals surface area contributed by atoms with Gasteiger partial charge in [-0.2, -0.15) is 5.10 Å². The molecule has 1 fully saturated rings. The fourth-order valence-corrected chi connectivity index (χ4v) is 3.28. The third-order valence-corrected chi connectivity index (χ3v) is 4.80. The Kier molecular flexibility index (Phi) is 5.08. The highest BCUT2D eigenvalue weighted by Gasteiger charge is 2.24. The van der Waals surface area contributed by atoms with E-state index >= 15 is 0 Å². The molecule has 0 radical (unpaired) electrons. The minimum Gasteiger partial charge on any atom is -0.357 e. The molecule has 0 aliphatic carbocycles. The molecule has 2 rings (SSSR count). The molecule has 0 spiro atoms. The maximum Gasteiger partial charge on any atom is 0.130 e. The number of hydrogen-bond acceptors (Lipinski definition) is 3. The summed E-state index contributed by atoms with van der Waals surface area (Å²) in [5.74, 6) is 2.21. The predicted molar refractivity (Wildman–Crippen MR) is 85.1 cm³/mol. The quantitative estimate of drug-likeness (QED) is 0.900. The Morgan fingerprint density at radius 3 is 2.50 bits per heavy atom. The molecule has 1 aliphatic rings. The molecule has 1 atom stereocenters. The van der Waals surface area contributed by atoms with E-state index in [0.29, 0.717) is 0 Å². The third-order valence-electron chi connectivity index (χ3n) is 4.80. The van der Waals surface area contributed by atoms with E-state index in [4.69, 9.17) is 5.73 Å². The monoisotopic (exact) mass is 278 g/mol. The zero-order valence-electron chi connectivity index (χ0n) is 13.5. The number of aryl methyl sites for hydroxylation is 2. The van der Waals surface area contributed by atoms with Crippen LogP contribution >= 0.6 is 0 Å². The second kappa shape index (κ2) is 6.61. The second-order valence-electron chi connectivity index (χ2n) is 6.22. The molecule has 0 bridgehead atoms. The Labute approximate surface area is 123 Å². The van der Waals surface area contributed by atoms with Crippen LogP contribution in [0.2, 0.25) is 0 Å². The summed E-state index contributed by atoms with van der Waals surface area (Å²) in [5, 5.41) is 4.63. The average molecular weight is 278 g/mol. The molecule has 0 aromatic carbocycles. The maximum absolute atomic E-state index is 6.17. The Balaban J connectivity index is 2.18. The number of nitrogens with zero attached hydrogens (tertiary/aromatic N) is 3. The number of aromatic nitrogens is 2. The van der Waals surface area contributed by atoms with Crippen LogP contribution in [-0.4, -0.2) is 28.9 Å². The van der Waals surface area contributed by atoms with E-state index in [1.165, 1.54) is 30.6 Å². The first-order valence-corrected chi connectivity index (χ1v) is 8.09. The largest absolute Gasteiger partial charge is 0.357 e. The summed E-state index contributed by atoms with van der Waals surface area (Å²) < 4.78 is 2.05. The lowest BCUT2D eigenvalue weighted by atomic mass is 9.94. The van der Waals surface area contributed by atoms with Gasteiger partial charge in [-0.25, -0.2) is 0 Å². The van der Waals surface area contributed by atoms with Gasteiger partial charge in [-0.15, -0.1) is 0 Å². The van der Waals surface area contributed by atoms with Crippen molar-refractivity contribution in [3.05, 3.63) is 11.3 Å². The molecule has 1 unspecified atom stereocenters. The summed E-state index contributed by atoms with van der Waals surface area (Å²) in [4.78, 5) is 2.52. The van der Waals surface area contributed by atoms with E-state index in [-0.39, 0.29) is 6.04 Å². The van der Waals surface area contributed by atoms with Crippen LogP contribution < -0.4 is 10.6 Å². The van der Waals surface area contributed by atoms with Gasteiger partial charge in [-0.3, -0.25) is 4.68 Å². The molecule has 4 nitrogen and oxygen atoms in total. The van der Waals surface area contributed by atoms with Gasteiger partial charge in [0.05, 0.1) is 5.69 Å². The average Bonchev–Trinajstić information content (AvgIpc) is 2.73. The lowest BCUT2D eigenvalue weighted by Gasteiger charge is -2.34. The van der Waals surface area contributed by atoms with Gasteiger partial charge in [-0.1, -0.05) is 20.3 Å². The zero-order valence-corrected chi connectivity index (χ0v) is 13.5. The normalized spacial score (nSPS) is 18.6. The first kappa shape index (κ1) is 15.4. The number of hydrogen-bond donors (Lipinski definition) is 1. The topological polar surface area (TPSA) is 47.1 Å². The molecule has 1 saturated heterocycles. The van der Waals surface area contributed by atoms with Crippen molar-refractivity contribution in [2.75, 3.05) is 18.0 Å². The van der Waals surface area contributed by atoms with Crippen LogP contribution in [0.1, 0.15) is 50.8 Å². The number of rotatable bonds is 5. The van der Waals surface area contributed by atoms with Gasteiger partial charge in [0.25, 0.3) is 0 Å². The molecular weight excluding hydrogens is 248 g/mol. The van der Waals surface area contributed by atoms with E-state index in [0.717, 1.165) is 37.5 Å². The standard InChI is InChI=1S/C16H30N4/c1-5-13-7-9-20(10-8-13)16-15(11-14(17)6-2)12(3)18-19(16)4/h13-14H,5-11,17H2,1-4H3. The van der Waals surface area contributed by atoms with Crippen LogP contribution in [0.4, 0.5) is 5.82 Å². The highest BCUT2D eigenvalue weighted by molar-refractivity contribution is 5.51. The smallest absolute Gasteiger partial charge is 0.130 e. The summed E-state index contributed by atoms with van der Waals surface area (Å²) in [7, 11) is 2.06. The summed E-state index contributed by atoms with van der Waals surface area (Å²) >= 11 is 0. The minimum atomic E-state index is 0.241. The van der Waals surface area contributed by atoms with Gasteiger partial charge < -0.3 is 10.6 Å². The van der Waals surface area contributed by atoms with Crippen molar-refractivity contribution in [1.82, 2.24) is 9.78 Å². The van der Waals surface area contributed by atoms with Crippen LogP contribution in [0.5, 0.6) is 0 Å². The Bertz CT molecular complexity index is 430. The van der Waals surface area contributed by atoms with E-state index in [1.807, 2.05) is 0 Å². The van der Waals surface area contributed by atoms with Gasteiger partial charge in [0.1, 0.15) is 5.82 Å². The van der Waals surface area contributed by atoms with E-state index in [1.54, 1.807) is 0 Å². The van der Waals surface area contributed by atoms with Crippen molar-refractivity contribution in [2.24, 2.45) is 18.7 Å². The molecule has 114 valence electrons. The molecule has 4 heteroatoms. The van der Waals surface area contributed by atoms with Crippen LogP contribution in [0, 0.1) is 12.8 Å². The van der Waals surface area contributed by atoms with Gasteiger partial charge in [0.2, 0.25) is 0 Å². The van der Waals surface area contributed by atoms with Crippen LogP contribution in [0.15, 0.2) is 0 Å². The van der Waals surface area contributed by atoms with Crippen molar-refractivity contribution < 1.29 is 0 Å². The fraction of sp³-hybridized carbons (Fsp3) is 0.812. The van der Waals surface area contributed by atoms with Crippen LogP contribution in [0.3, 0.4) is 0 Å². The van der Waals surface area contributed by atoms with E-state index in [2.05, 4.69) is 42.5 Å². The highest BCUT2D eigenvalue weighted by atomic mass is 15.4. The van der Waals surface area contributed by atoms with E-state index < -0.39 is 0 Å². The third kappa shape index (κ3) is 3.17. The fourth-order valence-electron chi connectivity index (χ4n) is 3.28. The Hall–Kier alpha value is -1.03. The molecule has 1 aromatic heterocycles. The Morgan fingerprint density at radius 1 is 1.30 bits per heavy atom. The molecule has 1 aliphatic heterocycles. The summed E-state index contributed by atoms with van der Waals surface area (Å²) in [6.45, 7) is 8.89. The van der Waals surface area contributed by atoms with Crippen molar-refractivity contribution in [1.29, 1.82) is 0 Å². The Morgan fingerprint density at radius 2 is 1.95 bits per heavy atom. The molecule has 0 saturated carbocycles. The summed E-state index contributed by atoms with van der Waals surface area (Å²) in [5.41, 5.74) is 8.67. The van der Waals surface area contributed by atoms with Gasteiger partial charge >= 0.3 is 0 Å². The van der Waals surface area contributed by atoms with Gasteiger partial charge in [0.15, 0.2) is 0 Å². The van der Waals surface area contributed by atoms with Gasteiger partial charge in [-0.05, 0) is 38.5 Å². The second-order valence-corrected chi connectivity index (χ2v) is 6.22. The van der Waals surface area contributed by atoms with Crippen LogP contribution in [-0.2, 0) is 13.5 Å². The first-order valence-electron chi connectivity index (χ1n) is 8.09. The number of anilines is 1. The van der Waals surface area contributed by atoms with E-state index in [9.17, 15) is 0 Å². The summed E-state index contributed by atoms with van der Waals surface area (Å²) in [6.07, 6.45) is 5.89. The molecule has 1 aromatic rings. The first-order chi connectivity index (χ1) is 9.56. The van der Waals surface area contributed by atoms with Crippen molar-refractivity contribution >= 4 is 5.82 Å². The van der Waals surface area contributed by atoms with Crippen molar-refractivity contribution in [3.8, 4) is 0 Å². The number of piperidine rings is 1. The maximum atomic E-state index is 6.17. The molecule has 2 N–H and O–H groups in total. The highest BCUT2D eigenvalue weighted by Crippen LogP contribution is 2.29. The van der Waals surface area contributed by atoms with Crippen molar-refractivity contribution in [3.63, 3.8) is 0 Å². The lowest BCUT2D eigenvalue weighted by Crippen LogP contribution is -2.35. The zero-order chi connectivity index (χ0) is 14.7. The van der Waals surface area contributed by atoms with Crippen LogP contribution in [0.25, 0.3) is 0 Å². The summed E-state index contributed by atoms with van der Waals surface area (Å²) in [6, 6.07) is 0.241. The lowest BCUT2D eigenvalue weighted by molar-refractivity contribution is 0.391. The predicted octanol–water partition coefficient (Wildman–Crippen LogP) is 2.63. The number of nitrogens with two attached hydrogens (primary N) is 1. The molecular formula is C16H30N4. The minimum absolute atomic E-state index is 0.241.